The predicted octanol–water partition coefficient (Wildman–Crippen LogP) is 1.68. The number of hydrogen-bond donors (Lipinski definition) is 1. The summed E-state index contributed by atoms with van der Waals surface area (Å²) in [5.41, 5.74) is 1.83. The van der Waals surface area contributed by atoms with E-state index in [0.717, 1.165) is 86.4 Å². The third-order valence-corrected chi connectivity index (χ3v) is 5.83. The highest BCUT2D eigenvalue weighted by molar-refractivity contribution is 5.81. The van der Waals surface area contributed by atoms with E-state index in [1.807, 2.05) is 30.3 Å². The fraction of sp³-hybridized carbons (Fsp3) is 0.409. The summed E-state index contributed by atoms with van der Waals surface area (Å²) in [7, 11) is 0. The largest absolute Gasteiger partial charge is 0.392 e. The van der Waals surface area contributed by atoms with E-state index in [2.05, 4.69) is 30.7 Å². The number of nitrogens with zero attached hydrogens (tertiary/aromatic N) is 6. The van der Waals surface area contributed by atoms with Crippen molar-refractivity contribution in [1.29, 1.82) is 0 Å². The maximum atomic E-state index is 9.89. The number of aliphatic hydroxyl groups excluding tert-OH is 1. The number of aromatic nitrogens is 3. The minimum Gasteiger partial charge on any atom is -0.392 e. The Balaban J connectivity index is 1.31. The first-order valence-electron chi connectivity index (χ1n) is 10.5. The second kappa shape index (κ2) is 8.41. The number of anilines is 3. The molecule has 0 atom stereocenters. The van der Waals surface area contributed by atoms with Crippen molar-refractivity contribution in [2.75, 3.05) is 67.2 Å². The maximum absolute atomic E-state index is 9.89. The Morgan fingerprint density at radius 1 is 0.833 bits per heavy atom. The molecule has 4 heterocycles. The molecule has 2 saturated heterocycles. The maximum Gasteiger partial charge on any atom is 0.134 e. The molecule has 30 heavy (non-hydrogen) atoms. The molecule has 1 aromatic carbocycles. The van der Waals surface area contributed by atoms with Gasteiger partial charge in [0.1, 0.15) is 23.8 Å². The summed E-state index contributed by atoms with van der Waals surface area (Å²) in [6.45, 7) is 6.54. The second-order valence-corrected chi connectivity index (χ2v) is 7.63. The van der Waals surface area contributed by atoms with E-state index in [1.165, 1.54) is 0 Å². The summed E-state index contributed by atoms with van der Waals surface area (Å²) >= 11 is 0. The monoisotopic (exact) mass is 406 g/mol. The smallest absolute Gasteiger partial charge is 0.134 e. The molecule has 0 unspecified atom stereocenters. The van der Waals surface area contributed by atoms with Gasteiger partial charge in [0.05, 0.1) is 25.3 Å². The summed E-state index contributed by atoms with van der Waals surface area (Å²) in [5, 5.41) is 10.9. The lowest BCUT2D eigenvalue weighted by molar-refractivity contribution is 0.122. The van der Waals surface area contributed by atoms with Crippen LogP contribution in [0.4, 0.5) is 17.5 Å². The molecule has 2 aromatic heterocycles. The van der Waals surface area contributed by atoms with Gasteiger partial charge in [0.2, 0.25) is 0 Å². The van der Waals surface area contributed by atoms with Gasteiger partial charge in [-0.3, -0.25) is 0 Å². The van der Waals surface area contributed by atoms with Crippen LogP contribution in [0.15, 0.2) is 42.7 Å². The van der Waals surface area contributed by atoms with Gasteiger partial charge in [-0.15, -0.1) is 0 Å². The summed E-state index contributed by atoms with van der Waals surface area (Å²) in [5.74, 6) is 2.80. The van der Waals surface area contributed by atoms with Crippen LogP contribution in [0.1, 0.15) is 5.56 Å². The predicted molar refractivity (Wildman–Crippen MR) is 117 cm³/mol. The van der Waals surface area contributed by atoms with Crippen molar-refractivity contribution < 1.29 is 9.84 Å². The molecule has 0 spiro atoms. The van der Waals surface area contributed by atoms with Crippen LogP contribution in [0, 0.1) is 0 Å². The molecule has 5 rings (SSSR count). The average Bonchev–Trinajstić information content (AvgIpc) is 2.84. The Bertz CT molecular complexity index is 1020. The molecule has 0 radical (unpaired) electrons. The molecule has 156 valence electrons. The quantitative estimate of drug-likeness (QED) is 0.701. The normalized spacial score (nSPS) is 17.6. The number of ether oxygens (including phenoxy) is 1. The number of fused-ring (bicyclic) bond motifs is 1. The van der Waals surface area contributed by atoms with E-state index in [-0.39, 0.29) is 6.61 Å². The zero-order valence-electron chi connectivity index (χ0n) is 16.9. The third kappa shape index (κ3) is 3.76. The summed E-state index contributed by atoms with van der Waals surface area (Å²) in [6.07, 6.45) is 1.65. The molecule has 8 nitrogen and oxygen atoms in total. The number of rotatable bonds is 4. The van der Waals surface area contributed by atoms with Crippen molar-refractivity contribution in [3.05, 3.63) is 48.3 Å². The molecule has 3 aromatic rings. The van der Waals surface area contributed by atoms with Gasteiger partial charge in [0.15, 0.2) is 0 Å². The number of morpholine rings is 1. The Labute approximate surface area is 175 Å². The zero-order chi connectivity index (χ0) is 20.3. The lowest BCUT2D eigenvalue weighted by Crippen LogP contribution is -2.47. The second-order valence-electron chi connectivity index (χ2n) is 7.63. The Hall–Kier alpha value is -2.97. The Kier molecular flexibility index (Phi) is 5.33. The summed E-state index contributed by atoms with van der Waals surface area (Å²) in [4.78, 5) is 20.6. The molecule has 8 heteroatoms. The number of benzene rings is 1. The van der Waals surface area contributed by atoms with Crippen molar-refractivity contribution in [3.8, 4) is 0 Å². The van der Waals surface area contributed by atoms with Gasteiger partial charge in [-0.2, -0.15) is 0 Å². The van der Waals surface area contributed by atoms with Crippen LogP contribution < -0.4 is 14.7 Å². The van der Waals surface area contributed by atoms with E-state index < -0.39 is 0 Å². The molecule has 0 saturated carbocycles. The highest BCUT2D eigenvalue weighted by atomic mass is 16.5. The van der Waals surface area contributed by atoms with Gasteiger partial charge in [-0.1, -0.05) is 18.2 Å². The molecular weight excluding hydrogens is 380 g/mol. The fourth-order valence-corrected chi connectivity index (χ4v) is 4.16. The minimum absolute atomic E-state index is 0.0117. The summed E-state index contributed by atoms with van der Waals surface area (Å²) in [6, 6.07) is 12.2. The molecule has 0 bridgehead atoms. The average molecular weight is 406 g/mol. The van der Waals surface area contributed by atoms with Gasteiger partial charge < -0.3 is 24.5 Å². The Morgan fingerprint density at radius 3 is 2.23 bits per heavy atom. The molecule has 1 N–H and O–H groups in total. The van der Waals surface area contributed by atoms with Crippen LogP contribution >= 0.6 is 0 Å². The van der Waals surface area contributed by atoms with Gasteiger partial charge in [0, 0.05) is 56.3 Å². The van der Waals surface area contributed by atoms with Gasteiger partial charge in [0.25, 0.3) is 0 Å². The molecule has 0 amide bonds. The fourth-order valence-electron chi connectivity index (χ4n) is 4.16. The van der Waals surface area contributed by atoms with E-state index in [0.29, 0.717) is 0 Å². The van der Waals surface area contributed by atoms with Crippen molar-refractivity contribution in [2.45, 2.75) is 6.61 Å². The van der Waals surface area contributed by atoms with E-state index in [9.17, 15) is 5.11 Å². The van der Waals surface area contributed by atoms with Crippen molar-refractivity contribution in [2.24, 2.45) is 0 Å². The van der Waals surface area contributed by atoms with Crippen molar-refractivity contribution >= 4 is 28.4 Å². The van der Waals surface area contributed by atoms with Gasteiger partial charge >= 0.3 is 0 Å². The number of aliphatic hydroxyl groups is 1. The first-order chi connectivity index (χ1) is 14.8. The van der Waals surface area contributed by atoms with Crippen LogP contribution in [0.2, 0.25) is 0 Å². The standard InChI is InChI=1S/C22H26N6O2/c29-15-18-13-17-3-1-2-4-19(17)25-22(18)28-7-5-26(6-8-28)20-14-21(24-16-23-20)27-9-11-30-12-10-27/h1-4,13-14,16,29H,5-12,15H2. The van der Waals surface area contributed by atoms with E-state index in [4.69, 9.17) is 9.72 Å². The number of para-hydroxylation sites is 1. The molecule has 2 aliphatic rings. The van der Waals surface area contributed by atoms with Crippen LogP contribution in [0.5, 0.6) is 0 Å². The van der Waals surface area contributed by atoms with Crippen LogP contribution in [0.3, 0.4) is 0 Å². The lowest BCUT2D eigenvalue weighted by Gasteiger charge is -2.37. The van der Waals surface area contributed by atoms with E-state index >= 15 is 0 Å². The molecule has 0 aliphatic carbocycles. The topological polar surface area (TPSA) is 77.9 Å². The van der Waals surface area contributed by atoms with Crippen LogP contribution in [-0.2, 0) is 11.3 Å². The lowest BCUT2D eigenvalue weighted by atomic mass is 10.1. The molecule has 2 aliphatic heterocycles. The first-order valence-corrected chi connectivity index (χ1v) is 10.5. The SMILES string of the molecule is OCc1cc2ccccc2nc1N1CCN(c2cc(N3CCOCC3)ncn2)CC1. The van der Waals surface area contributed by atoms with Crippen LogP contribution in [-0.4, -0.2) is 72.5 Å². The molecule has 2 fully saturated rings. The number of piperazine rings is 1. The number of pyridine rings is 1. The number of hydrogen-bond acceptors (Lipinski definition) is 8. The third-order valence-electron chi connectivity index (χ3n) is 5.83. The highest BCUT2D eigenvalue weighted by Crippen LogP contribution is 2.26. The zero-order valence-corrected chi connectivity index (χ0v) is 16.9. The van der Waals surface area contributed by atoms with E-state index in [1.54, 1.807) is 6.33 Å². The van der Waals surface area contributed by atoms with Crippen molar-refractivity contribution in [1.82, 2.24) is 15.0 Å². The first kappa shape index (κ1) is 19.0. The highest BCUT2D eigenvalue weighted by Gasteiger charge is 2.22. The van der Waals surface area contributed by atoms with Crippen molar-refractivity contribution in [3.63, 3.8) is 0 Å². The minimum atomic E-state index is -0.0117. The Morgan fingerprint density at radius 2 is 1.50 bits per heavy atom. The van der Waals surface area contributed by atoms with Gasteiger partial charge in [-0.05, 0) is 12.1 Å². The summed E-state index contributed by atoms with van der Waals surface area (Å²) < 4.78 is 5.44. The van der Waals surface area contributed by atoms with Gasteiger partial charge in [-0.25, -0.2) is 15.0 Å². The molecular formula is C22H26N6O2. The van der Waals surface area contributed by atoms with Crippen LogP contribution in [0.25, 0.3) is 10.9 Å².